The van der Waals surface area contributed by atoms with E-state index < -0.39 is 0 Å². The molecular formula is C28H30N8O. The number of hydrogen-bond acceptors (Lipinski definition) is 7. The summed E-state index contributed by atoms with van der Waals surface area (Å²) in [5, 5.41) is 10.1. The van der Waals surface area contributed by atoms with Gasteiger partial charge in [-0.25, -0.2) is 9.97 Å². The lowest BCUT2D eigenvalue weighted by Gasteiger charge is -2.47. The van der Waals surface area contributed by atoms with Gasteiger partial charge >= 0.3 is 0 Å². The zero-order valence-electron chi connectivity index (χ0n) is 20.9. The molecule has 1 N–H and O–H groups in total. The minimum Gasteiger partial charge on any atom is -0.361 e. The fourth-order valence-corrected chi connectivity index (χ4v) is 5.78. The van der Waals surface area contributed by atoms with Gasteiger partial charge in [0.25, 0.3) is 0 Å². The van der Waals surface area contributed by atoms with Crippen molar-refractivity contribution < 1.29 is 4.52 Å². The third-order valence-electron chi connectivity index (χ3n) is 7.98. The first-order valence-corrected chi connectivity index (χ1v) is 13.0. The van der Waals surface area contributed by atoms with Gasteiger partial charge in [-0.2, -0.15) is 5.10 Å². The summed E-state index contributed by atoms with van der Waals surface area (Å²) in [6.45, 7) is 7.21. The van der Waals surface area contributed by atoms with Crippen LogP contribution < -0.4 is 0 Å². The smallest absolute Gasteiger partial charge is 0.141 e. The average molecular weight is 495 g/mol. The standard InChI is InChI=1S/C28H30N8O/c1-19-25(27(33-37-19)20-5-3-2-4-6-20)17-34-11-8-22(9-12-34)35-15-23(16-35)36-14-21(13-32-36)26-24-7-10-29-28(24)31-18-30-26/h2-7,10,13-14,18,22-23H,8-9,11-12,15-17H2,1H3,(H,29,30,31). The van der Waals surface area contributed by atoms with Crippen molar-refractivity contribution in [2.45, 2.75) is 38.4 Å². The van der Waals surface area contributed by atoms with Crippen molar-refractivity contribution in [1.82, 2.24) is 39.7 Å². The number of likely N-dealkylation sites (tertiary alicyclic amines) is 2. The molecule has 0 aliphatic carbocycles. The molecule has 9 nitrogen and oxygen atoms in total. The number of aromatic nitrogens is 6. The summed E-state index contributed by atoms with van der Waals surface area (Å²) in [4.78, 5) is 17.1. The van der Waals surface area contributed by atoms with Gasteiger partial charge in [0.15, 0.2) is 0 Å². The first-order chi connectivity index (χ1) is 18.2. The van der Waals surface area contributed by atoms with Gasteiger partial charge in [0.2, 0.25) is 0 Å². The van der Waals surface area contributed by atoms with Crippen LogP contribution in [0.5, 0.6) is 0 Å². The fourth-order valence-electron chi connectivity index (χ4n) is 5.78. The van der Waals surface area contributed by atoms with Gasteiger partial charge in [-0.05, 0) is 38.9 Å². The Morgan fingerprint density at radius 1 is 0.973 bits per heavy atom. The van der Waals surface area contributed by atoms with Crippen LogP contribution in [-0.4, -0.2) is 71.9 Å². The molecule has 9 heteroatoms. The van der Waals surface area contributed by atoms with Crippen LogP contribution in [0.2, 0.25) is 0 Å². The van der Waals surface area contributed by atoms with Crippen LogP contribution in [0.4, 0.5) is 0 Å². The number of nitrogens with zero attached hydrogens (tertiary/aromatic N) is 7. The van der Waals surface area contributed by atoms with Gasteiger partial charge in [-0.3, -0.25) is 14.5 Å². The molecule has 2 aliphatic rings. The van der Waals surface area contributed by atoms with E-state index in [2.05, 4.69) is 70.2 Å². The second kappa shape index (κ2) is 9.24. The Labute approximate surface area is 215 Å². The number of hydrogen-bond donors (Lipinski definition) is 1. The molecule has 0 saturated carbocycles. The van der Waals surface area contributed by atoms with Gasteiger partial charge in [0, 0.05) is 60.1 Å². The Balaban J connectivity index is 0.948. The lowest BCUT2D eigenvalue weighted by atomic mass is 9.96. The Morgan fingerprint density at radius 3 is 2.65 bits per heavy atom. The molecule has 188 valence electrons. The highest BCUT2D eigenvalue weighted by molar-refractivity contribution is 5.89. The summed E-state index contributed by atoms with van der Waals surface area (Å²) in [5.41, 5.74) is 6.13. The number of fused-ring (bicyclic) bond motifs is 1. The Kier molecular flexibility index (Phi) is 5.59. The number of rotatable bonds is 6. The van der Waals surface area contributed by atoms with Crippen LogP contribution >= 0.6 is 0 Å². The molecule has 1 aromatic carbocycles. The molecule has 0 unspecified atom stereocenters. The number of H-pyrrole nitrogens is 1. The summed E-state index contributed by atoms with van der Waals surface area (Å²) in [6.07, 6.45) is 9.94. The van der Waals surface area contributed by atoms with E-state index in [-0.39, 0.29) is 0 Å². The molecule has 0 atom stereocenters. The molecule has 37 heavy (non-hydrogen) atoms. The molecule has 7 rings (SSSR count). The van der Waals surface area contributed by atoms with Crippen LogP contribution in [0.3, 0.4) is 0 Å². The average Bonchev–Trinajstić information content (AvgIpc) is 3.66. The fraction of sp³-hybridized carbons (Fsp3) is 0.357. The van der Waals surface area contributed by atoms with E-state index in [0.717, 1.165) is 72.0 Å². The van der Waals surface area contributed by atoms with Gasteiger partial charge in [0.1, 0.15) is 23.4 Å². The second-order valence-electron chi connectivity index (χ2n) is 10.2. The summed E-state index contributed by atoms with van der Waals surface area (Å²) < 4.78 is 7.69. The number of aromatic amines is 1. The lowest BCUT2D eigenvalue weighted by Crippen LogP contribution is -2.55. The number of piperidine rings is 1. The number of benzene rings is 1. The minimum absolute atomic E-state index is 0.420. The molecule has 2 saturated heterocycles. The second-order valence-corrected chi connectivity index (χ2v) is 10.2. The van der Waals surface area contributed by atoms with Crippen molar-refractivity contribution in [2.75, 3.05) is 26.2 Å². The third kappa shape index (κ3) is 4.14. The summed E-state index contributed by atoms with van der Waals surface area (Å²) in [6, 6.07) is 13.4. The van der Waals surface area contributed by atoms with E-state index in [0.29, 0.717) is 12.1 Å². The molecule has 0 bridgehead atoms. The van der Waals surface area contributed by atoms with E-state index in [9.17, 15) is 0 Å². The SMILES string of the molecule is Cc1onc(-c2ccccc2)c1CN1CCC(N2CC(n3cc(-c4ncnc5[nH]ccc45)cn3)C2)CC1. The maximum absolute atomic E-state index is 5.58. The summed E-state index contributed by atoms with van der Waals surface area (Å²) in [7, 11) is 0. The molecule has 0 spiro atoms. The predicted molar refractivity (Wildman–Crippen MR) is 141 cm³/mol. The topological polar surface area (TPSA) is 91.9 Å². The molecule has 0 amide bonds. The Morgan fingerprint density at radius 2 is 1.81 bits per heavy atom. The first-order valence-electron chi connectivity index (χ1n) is 13.0. The van der Waals surface area contributed by atoms with Crippen molar-refractivity contribution in [3.8, 4) is 22.5 Å². The van der Waals surface area contributed by atoms with Gasteiger partial charge in [-0.15, -0.1) is 0 Å². The number of nitrogens with one attached hydrogen (secondary N) is 1. The first kappa shape index (κ1) is 22.4. The van der Waals surface area contributed by atoms with Crippen molar-refractivity contribution in [3.63, 3.8) is 0 Å². The van der Waals surface area contributed by atoms with Gasteiger partial charge in [0.05, 0.1) is 17.9 Å². The third-order valence-corrected chi connectivity index (χ3v) is 7.98. The van der Waals surface area contributed by atoms with Crippen molar-refractivity contribution in [1.29, 1.82) is 0 Å². The Bertz CT molecular complexity index is 1510. The van der Waals surface area contributed by atoms with E-state index in [1.54, 1.807) is 6.33 Å². The molecule has 2 aliphatic heterocycles. The highest BCUT2D eigenvalue weighted by atomic mass is 16.5. The number of aryl methyl sites for hydroxylation is 1. The van der Waals surface area contributed by atoms with Crippen LogP contribution in [0.1, 0.15) is 30.2 Å². The van der Waals surface area contributed by atoms with Gasteiger partial charge < -0.3 is 9.51 Å². The predicted octanol–water partition coefficient (Wildman–Crippen LogP) is 4.31. The molecule has 0 radical (unpaired) electrons. The zero-order chi connectivity index (χ0) is 24.8. The van der Waals surface area contributed by atoms with E-state index in [1.165, 1.54) is 18.4 Å². The summed E-state index contributed by atoms with van der Waals surface area (Å²) in [5.74, 6) is 0.921. The van der Waals surface area contributed by atoms with Gasteiger partial charge in [-0.1, -0.05) is 35.5 Å². The highest BCUT2D eigenvalue weighted by Gasteiger charge is 2.36. The van der Waals surface area contributed by atoms with E-state index in [4.69, 9.17) is 4.52 Å². The van der Waals surface area contributed by atoms with Crippen molar-refractivity contribution >= 4 is 11.0 Å². The molecule has 4 aromatic heterocycles. The normalized spacial score (nSPS) is 18.0. The van der Waals surface area contributed by atoms with Crippen molar-refractivity contribution in [3.05, 3.63) is 72.6 Å². The molecule has 6 heterocycles. The molecule has 2 fully saturated rings. The highest BCUT2D eigenvalue weighted by Crippen LogP contribution is 2.32. The summed E-state index contributed by atoms with van der Waals surface area (Å²) >= 11 is 0. The monoisotopic (exact) mass is 494 g/mol. The largest absolute Gasteiger partial charge is 0.361 e. The minimum atomic E-state index is 0.420. The Hall–Kier alpha value is -3.82. The van der Waals surface area contributed by atoms with Crippen LogP contribution in [-0.2, 0) is 6.54 Å². The molecular weight excluding hydrogens is 464 g/mol. The van der Waals surface area contributed by atoms with Crippen molar-refractivity contribution in [2.24, 2.45) is 0 Å². The maximum Gasteiger partial charge on any atom is 0.141 e. The van der Waals surface area contributed by atoms with E-state index in [1.807, 2.05) is 31.5 Å². The zero-order valence-corrected chi connectivity index (χ0v) is 20.9. The molecule has 5 aromatic rings. The van der Waals surface area contributed by atoms with Crippen LogP contribution in [0.15, 0.2) is 65.8 Å². The van der Waals surface area contributed by atoms with E-state index >= 15 is 0 Å². The maximum atomic E-state index is 5.58. The van der Waals surface area contributed by atoms with Crippen LogP contribution in [0, 0.1) is 6.92 Å². The lowest BCUT2D eigenvalue weighted by molar-refractivity contribution is 0.0191. The quantitative estimate of drug-likeness (QED) is 0.376. The van der Waals surface area contributed by atoms with Crippen LogP contribution in [0.25, 0.3) is 33.5 Å².